The van der Waals surface area contributed by atoms with E-state index in [-0.39, 0.29) is 18.2 Å². The first-order valence-corrected chi connectivity index (χ1v) is 11.6. The van der Waals surface area contributed by atoms with Gasteiger partial charge in [0, 0.05) is 12.0 Å². The fraction of sp³-hybridized carbons (Fsp3) is 0.423. The van der Waals surface area contributed by atoms with Crippen molar-refractivity contribution in [3.63, 3.8) is 0 Å². The Bertz CT molecular complexity index is 1170. The summed E-state index contributed by atoms with van der Waals surface area (Å²) in [6.45, 7) is 0. The third kappa shape index (κ3) is 4.77. The molecule has 1 N–H and O–H groups in total. The predicted octanol–water partition coefficient (Wildman–Crippen LogP) is 5.05. The molecule has 33 heavy (non-hydrogen) atoms. The van der Waals surface area contributed by atoms with E-state index in [1.807, 2.05) is 12.1 Å². The van der Waals surface area contributed by atoms with Crippen LogP contribution in [0.4, 0.5) is 4.39 Å². The number of carboxylic acid groups (broad SMARTS) is 1. The maximum atomic E-state index is 14.6. The third-order valence-electron chi connectivity index (χ3n) is 6.74. The van der Waals surface area contributed by atoms with Gasteiger partial charge in [-0.05, 0) is 73.6 Å². The molecule has 6 nitrogen and oxygen atoms in total. The summed E-state index contributed by atoms with van der Waals surface area (Å²) in [4.78, 5) is 11.3. The van der Waals surface area contributed by atoms with E-state index < -0.39 is 5.97 Å². The van der Waals surface area contributed by atoms with Crippen LogP contribution in [0, 0.1) is 11.7 Å². The maximum Gasteiger partial charge on any atom is 0.303 e. The Morgan fingerprint density at radius 1 is 1.18 bits per heavy atom. The van der Waals surface area contributed by atoms with Crippen LogP contribution in [0.5, 0.6) is 5.75 Å². The molecule has 2 aliphatic rings. The van der Waals surface area contributed by atoms with Gasteiger partial charge in [0.2, 0.25) is 0 Å². The quantitative estimate of drug-likeness (QED) is 0.469. The summed E-state index contributed by atoms with van der Waals surface area (Å²) < 4.78 is 21.5. The van der Waals surface area contributed by atoms with Gasteiger partial charge < -0.3 is 9.84 Å². The number of aromatic nitrogens is 3. The zero-order chi connectivity index (χ0) is 22.9. The summed E-state index contributed by atoms with van der Waals surface area (Å²) in [5, 5.41) is 18.1. The van der Waals surface area contributed by atoms with E-state index in [4.69, 9.17) is 4.74 Å². The fourth-order valence-corrected chi connectivity index (χ4v) is 4.71. The third-order valence-corrected chi connectivity index (χ3v) is 6.74. The van der Waals surface area contributed by atoms with Crippen molar-refractivity contribution in [2.75, 3.05) is 7.11 Å². The molecule has 1 heterocycles. The fourth-order valence-electron chi connectivity index (χ4n) is 4.71. The van der Waals surface area contributed by atoms with Crippen molar-refractivity contribution in [2.45, 2.75) is 56.8 Å². The summed E-state index contributed by atoms with van der Waals surface area (Å²) in [5.41, 5.74) is 4.52. The summed E-state index contributed by atoms with van der Waals surface area (Å²) in [5.74, 6) is 0.395. The van der Waals surface area contributed by atoms with Crippen molar-refractivity contribution in [2.24, 2.45) is 5.92 Å². The normalized spacial score (nSPS) is 16.5. The van der Waals surface area contributed by atoms with Crippen LogP contribution in [0.3, 0.4) is 0 Å². The Morgan fingerprint density at radius 2 is 2.00 bits per heavy atom. The number of benzene rings is 2. The van der Waals surface area contributed by atoms with Gasteiger partial charge in [0.25, 0.3) is 0 Å². The Kier molecular flexibility index (Phi) is 5.87. The highest BCUT2D eigenvalue weighted by Crippen LogP contribution is 2.45. The van der Waals surface area contributed by atoms with Gasteiger partial charge in [-0.3, -0.25) is 4.79 Å². The van der Waals surface area contributed by atoms with Crippen molar-refractivity contribution in [3.8, 4) is 11.4 Å². The molecule has 0 spiro atoms. The molecule has 0 amide bonds. The molecular formula is C26H28FN3O3. The molecule has 2 aromatic carbocycles. The van der Waals surface area contributed by atoms with Crippen molar-refractivity contribution < 1.29 is 19.0 Å². The van der Waals surface area contributed by atoms with Crippen LogP contribution >= 0.6 is 0 Å². The lowest BCUT2D eigenvalue weighted by molar-refractivity contribution is -0.137. The van der Waals surface area contributed by atoms with Gasteiger partial charge in [0.1, 0.15) is 17.3 Å². The number of rotatable bonds is 10. The first-order valence-electron chi connectivity index (χ1n) is 11.6. The number of aryl methyl sites for hydroxylation is 2. The van der Waals surface area contributed by atoms with Gasteiger partial charge in [-0.1, -0.05) is 29.5 Å². The number of nitrogens with zero attached hydrogens (tertiary/aromatic N) is 3. The lowest BCUT2D eigenvalue weighted by Crippen LogP contribution is -2.09. The van der Waals surface area contributed by atoms with Crippen LogP contribution in [0.25, 0.3) is 5.69 Å². The van der Waals surface area contributed by atoms with E-state index in [2.05, 4.69) is 22.4 Å². The zero-order valence-corrected chi connectivity index (χ0v) is 18.7. The minimum atomic E-state index is -0.743. The highest BCUT2D eigenvalue weighted by atomic mass is 19.1. The predicted molar refractivity (Wildman–Crippen MR) is 121 cm³/mol. The number of hydrogen-bond donors (Lipinski definition) is 1. The standard InChI is InChI=1S/C26H28FN3O3/c1-33-20-10-11-22(27)24(14-20)30-26(18-8-9-18)23(28-29-30)12-5-16-3-2-4-19(13-16)21(15-25(31)32)17-6-7-17/h2-4,10-11,13-14,17-18,21H,5-9,12,15H2,1H3,(H,31,32)/t21-/m0/s1. The summed E-state index contributed by atoms with van der Waals surface area (Å²) in [6.07, 6.45) is 5.98. The van der Waals surface area contributed by atoms with Crippen LogP contribution in [0.2, 0.25) is 0 Å². The van der Waals surface area contributed by atoms with E-state index in [1.54, 1.807) is 23.9 Å². The maximum absolute atomic E-state index is 14.6. The number of halogens is 1. The Labute approximate surface area is 192 Å². The first kappa shape index (κ1) is 21.6. The van der Waals surface area contributed by atoms with E-state index in [9.17, 15) is 14.3 Å². The molecule has 172 valence electrons. The molecule has 2 fully saturated rings. The summed E-state index contributed by atoms with van der Waals surface area (Å²) in [7, 11) is 1.56. The van der Waals surface area contributed by atoms with E-state index in [1.165, 1.54) is 6.07 Å². The number of methoxy groups -OCH3 is 1. The van der Waals surface area contributed by atoms with E-state index in [0.29, 0.717) is 29.7 Å². The highest BCUT2D eigenvalue weighted by Gasteiger charge is 2.34. The van der Waals surface area contributed by atoms with Crippen molar-refractivity contribution in [3.05, 3.63) is 70.8 Å². The number of hydrogen-bond acceptors (Lipinski definition) is 4. The molecular weight excluding hydrogens is 421 g/mol. The molecule has 0 saturated heterocycles. The molecule has 0 unspecified atom stereocenters. The van der Waals surface area contributed by atoms with Crippen molar-refractivity contribution in [1.82, 2.24) is 15.0 Å². The van der Waals surface area contributed by atoms with E-state index in [0.717, 1.165) is 54.6 Å². The average molecular weight is 450 g/mol. The van der Waals surface area contributed by atoms with E-state index >= 15 is 0 Å². The van der Waals surface area contributed by atoms with Crippen molar-refractivity contribution in [1.29, 1.82) is 0 Å². The van der Waals surface area contributed by atoms with Crippen molar-refractivity contribution >= 4 is 5.97 Å². The number of ether oxygens (including phenoxy) is 1. The summed E-state index contributed by atoms with van der Waals surface area (Å²) in [6, 6.07) is 12.9. The molecule has 0 radical (unpaired) electrons. The van der Waals surface area contributed by atoms with Gasteiger partial charge in [-0.2, -0.15) is 0 Å². The van der Waals surface area contributed by atoms with Crippen LogP contribution in [0.1, 0.15) is 66.5 Å². The van der Waals surface area contributed by atoms with Gasteiger partial charge in [0.05, 0.1) is 24.9 Å². The van der Waals surface area contributed by atoms with Gasteiger partial charge in [-0.15, -0.1) is 5.10 Å². The van der Waals surface area contributed by atoms with Gasteiger partial charge in [-0.25, -0.2) is 9.07 Å². The molecule has 5 rings (SSSR count). The Balaban J connectivity index is 1.37. The van der Waals surface area contributed by atoms with Crippen LogP contribution in [0.15, 0.2) is 42.5 Å². The molecule has 3 aromatic rings. The Morgan fingerprint density at radius 3 is 2.70 bits per heavy atom. The number of carboxylic acids is 1. The molecule has 7 heteroatoms. The van der Waals surface area contributed by atoms with Gasteiger partial charge >= 0.3 is 5.97 Å². The molecule has 2 saturated carbocycles. The summed E-state index contributed by atoms with van der Waals surface area (Å²) >= 11 is 0. The van der Waals surface area contributed by atoms with Gasteiger partial charge in [0.15, 0.2) is 0 Å². The molecule has 2 aliphatic carbocycles. The first-order chi connectivity index (χ1) is 16.0. The minimum Gasteiger partial charge on any atom is -0.497 e. The molecule has 0 bridgehead atoms. The minimum absolute atomic E-state index is 0.0846. The zero-order valence-electron chi connectivity index (χ0n) is 18.7. The molecule has 1 aromatic heterocycles. The molecule has 0 aliphatic heterocycles. The molecule has 1 atom stereocenters. The Hall–Kier alpha value is -3.22. The lowest BCUT2D eigenvalue weighted by Gasteiger charge is -2.15. The lowest BCUT2D eigenvalue weighted by atomic mass is 9.89. The second kappa shape index (κ2) is 8.96. The smallest absolute Gasteiger partial charge is 0.303 e. The topological polar surface area (TPSA) is 77.2 Å². The van der Waals surface area contributed by atoms with Crippen LogP contribution in [-0.2, 0) is 17.6 Å². The van der Waals surface area contributed by atoms with Crippen LogP contribution in [-0.4, -0.2) is 33.2 Å². The average Bonchev–Trinajstić information content (AvgIpc) is 3.75. The largest absolute Gasteiger partial charge is 0.497 e. The van der Waals surface area contributed by atoms with Crippen LogP contribution < -0.4 is 4.74 Å². The monoisotopic (exact) mass is 449 g/mol. The SMILES string of the molecule is COc1ccc(F)c(-n2nnc(CCc3cccc([C@@H](CC(=O)O)C4CC4)c3)c2C2CC2)c1. The second-order valence-electron chi connectivity index (χ2n) is 9.21. The number of carbonyl (C=O) groups is 1. The number of aliphatic carboxylic acids is 1. The highest BCUT2D eigenvalue weighted by molar-refractivity contribution is 5.68. The second-order valence-corrected chi connectivity index (χ2v) is 9.21.